The molecule has 2 heteroatoms. The Bertz CT molecular complexity index is 682. The largest absolute Gasteiger partial charge is 0.354 e. The number of benzene rings is 2. The molecule has 0 saturated carbocycles. The van der Waals surface area contributed by atoms with Crippen LogP contribution in [0.3, 0.4) is 0 Å². The average molecular weight is 225 g/mol. The fraction of sp³-hybridized carbons (Fsp3) is 0.0667. The van der Waals surface area contributed by atoms with E-state index in [2.05, 4.69) is 11.1 Å². The normalized spacial score (nSPS) is 10.9. The van der Waals surface area contributed by atoms with Crippen LogP contribution < -0.4 is 0 Å². The first kappa shape index (κ1) is 10.1. The molecule has 0 aliphatic heterocycles. The number of hydrogen-bond acceptors (Lipinski definition) is 0. The summed E-state index contributed by atoms with van der Waals surface area (Å²) >= 11 is 0. The van der Waals surface area contributed by atoms with Gasteiger partial charge in [-0.25, -0.2) is 4.39 Å². The number of nitrogens with one attached hydrogen (secondary N) is 1. The van der Waals surface area contributed by atoms with Crippen molar-refractivity contribution in [1.29, 1.82) is 0 Å². The molecular formula is C15H12FN. The molecule has 0 spiro atoms. The number of aromatic amines is 1. The topological polar surface area (TPSA) is 15.8 Å². The standard InChI is InChI=1S/C15H12FN/c1-10-4-2-5-11(8-10)15-9-12-13(16)6-3-7-14(12)17-15/h2-9,17H,1H3. The molecule has 1 aromatic heterocycles. The summed E-state index contributed by atoms with van der Waals surface area (Å²) in [5.41, 5.74) is 4.07. The van der Waals surface area contributed by atoms with E-state index in [-0.39, 0.29) is 5.82 Å². The Kier molecular flexibility index (Phi) is 2.22. The van der Waals surface area contributed by atoms with E-state index in [1.807, 2.05) is 37.3 Å². The zero-order valence-corrected chi connectivity index (χ0v) is 9.50. The molecule has 2 aromatic carbocycles. The van der Waals surface area contributed by atoms with E-state index < -0.39 is 0 Å². The van der Waals surface area contributed by atoms with Crippen LogP contribution in [0.2, 0.25) is 0 Å². The number of aryl methyl sites for hydroxylation is 1. The molecule has 0 aliphatic rings. The van der Waals surface area contributed by atoms with Crippen molar-refractivity contribution >= 4 is 10.9 Å². The third kappa shape index (κ3) is 1.72. The van der Waals surface area contributed by atoms with Gasteiger partial charge in [-0.15, -0.1) is 0 Å². The Morgan fingerprint density at radius 1 is 1.00 bits per heavy atom. The highest BCUT2D eigenvalue weighted by Crippen LogP contribution is 2.26. The maximum atomic E-state index is 13.6. The molecule has 0 amide bonds. The second-order valence-corrected chi connectivity index (χ2v) is 4.25. The fourth-order valence-corrected chi connectivity index (χ4v) is 2.09. The first-order valence-corrected chi connectivity index (χ1v) is 5.58. The second-order valence-electron chi connectivity index (χ2n) is 4.25. The van der Waals surface area contributed by atoms with Gasteiger partial charge in [0.05, 0.1) is 0 Å². The van der Waals surface area contributed by atoms with Gasteiger partial charge in [0, 0.05) is 16.6 Å². The molecule has 0 unspecified atom stereocenters. The molecule has 0 fully saturated rings. The van der Waals surface area contributed by atoms with Crippen LogP contribution in [0.25, 0.3) is 22.2 Å². The summed E-state index contributed by atoms with van der Waals surface area (Å²) in [4.78, 5) is 3.24. The Balaban J connectivity index is 2.22. The maximum absolute atomic E-state index is 13.6. The smallest absolute Gasteiger partial charge is 0.132 e. The van der Waals surface area contributed by atoms with Crippen LogP contribution in [0.5, 0.6) is 0 Å². The minimum atomic E-state index is -0.183. The number of halogens is 1. The average Bonchev–Trinajstić information content (AvgIpc) is 2.74. The lowest BCUT2D eigenvalue weighted by molar-refractivity contribution is 0.640. The van der Waals surface area contributed by atoms with Crippen molar-refractivity contribution in [3.8, 4) is 11.3 Å². The van der Waals surface area contributed by atoms with Crippen LogP contribution >= 0.6 is 0 Å². The molecular weight excluding hydrogens is 213 g/mol. The number of fused-ring (bicyclic) bond motifs is 1. The van der Waals surface area contributed by atoms with E-state index >= 15 is 0 Å². The predicted molar refractivity (Wildman–Crippen MR) is 68.4 cm³/mol. The van der Waals surface area contributed by atoms with Gasteiger partial charge in [-0.2, -0.15) is 0 Å². The van der Waals surface area contributed by atoms with Crippen LogP contribution in [-0.4, -0.2) is 4.98 Å². The highest BCUT2D eigenvalue weighted by molar-refractivity contribution is 5.86. The van der Waals surface area contributed by atoms with E-state index in [4.69, 9.17) is 0 Å². The monoisotopic (exact) mass is 225 g/mol. The maximum Gasteiger partial charge on any atom is 0.132 e. The Morgan fingerprint density at radius 2 is 1.82 bits per heavy atom. The van der Waals surface area contributed by atoms with Crippen LogP contribution in [0.1, 0.15) is 5.56 Å². The number of hydrogen-bond donors (Lipinski definition) is 1. The number of H-pyrrole nitrogens is 1. The highest BCUT2D eigenvalue weighted by Gasteiger charge is 2.06. The van der Waals surface area contributed by atoms with Gasteiger partial charge in [0.25, 0.3) is 0 Å². The van der Waals surface area contributed by atoms with Gasteiger partial charge in [0.1, 0.15) is 5.82 Å². The first-order valence-electron chi connectivity index (χ1n) is 5.58. The van der Waals surface area contributed by atoms with Gasteiger partial charge in [-0.1, -0.05) is 29.8 Å². The summed E-state index contributed by atoms with van der Waals surface area (Å²) in [7, 11) is 0. The van der Waals surface area contributed by atoms with Gasteiger partial charge < -0.3 is 4.98 Å². The van der Waals surface area contributed by atoms with Gasteiger partial charge in [0.2, 0.25) is 0 Å². The molecule has 3 aromatic rings. The summed E-state index contributed by atoms with van der Waals surface area (Å²) in [6.07, 6.45) is 0. The zero-order valence-electron chi connectivity index (χ0n) is 9.50. The van der Waals surface area contributed by atoms with Crippen molar-refractivity contribution in [1.82, 2.24) is 4.98 Å². The lowest BCUT2D eigenvalue weighted by atomic mass is 10.1. The molecule has 1 heterocycles. The number of rotatable bonds is 1. The van der Waals surface area contributed by atoms with Gasteiger partial charge in [-0.3, -0.25) is 0 Å². The molecule has 0 atom stereocenters. The van der Waals surface area contributed by atoms with Gasteiger partial charge in [-0.05, 0) is 36.8 Å². The summed E-state index contributed by atoms with van der Waals surface area (Å²) in [5, 5.41) is 0.643. The Morgan fingerprint density at radius 3 is 2.59 bits per heavy atom. The van der Waals surface area contributed by atoms with Crippen LogP contribution in [-0.2, 0) is 0 Å². The van der Waals surface area contributed by atoms with Crippen molar-refractivity contribution in [3.63, 3.8) is 0 Å². The number of aromatic nitrogens is 1. The Labute approximate surface area is 98.9 Å². The molecule has 0 radical (unpaired) electrons. The van der Waals surface area contributed by atoms with E-state index in [0.717, 1.165) is 16.8 Å². The SMILES string of the molecule is Cc1cccc(-c2cc3c(F)cccc3[nH]2)c1. The lowest BCUT2D eigenvalue weighted by Crippen LogP contribution is -1.78. The minimum Gasteiger partial charge on any atom is -0.354 e. The van der Waals surface area contributed by atoms with E-state index in [9.17, 15) is 4.39 Å². The summed E-state index contributed by atoms with van der Waals surface area (Å²) in [6.45, 7) is 2.05. The highest BCUT2D eigenvalue weighted by atomic mass is 19.1. The molecule has 1 nitrogen and oxygen atoms in total. The molecule has 0 aliphatic carbocycles. The third-order valence-corrected chi connectivity index (χ3v) is 2.94. The lowest BCUT2D eigenvalue weighted by Gasteiger charge is -1.98. The van der Waals surface area contributed by atoms with Gasteiger partial charge in [0.15, 0.2) is 0 Å². The summed E-state index contributed by atoms with van der Waals surface area (Å²) < 4.78 is 13.6. The fourth-order valence-electron chi connectivity index (χ4n) is 2.09. The van der Waals surface area contributed by atoms with E-state index in [1.165, 1.54) is 11.6 Å². The second kappa shape index (κ2) is 3.74. The third-order valence-electron chi connectivity index (χ3n) is 2.94. The van der Waals surface area contributed by atoms with Crippen molar-refractivity contribution < 1.29 is 4.39 Å². The van der Waals surface area contributed by atoms with Crippen molar-refractivity contribution in [2.45, 2.75) is 6.92 Å². The van der Waals surface area contributed by atoms with Crippen molar-refractivity contribution in [2.24, 2.45) is 0 Å². The van der Waals surface area contributed by atoms with Crippen molar-refractivity contribution in [2.75, 3.05) is 0 Å². The minimum absolute atomic E-state index is 0.183. The molecule has 0 saturated heterocycles. The van der Waals surface area contributed by atoms with Crippen molar-refractivity contribution in [3.05, 3.63) is 59.9 Å². The molecule has 84 valence electrons. The zero-order chi connectivity index (χ0) is 11.8. The quantitative estimate of drug-likeness (QED) is 0.636. The van der Waals surface area contributed by atoms with E-state index in [0.29, 0.717) is 5.39 Å². The molecule has 3 rings (SSSR count). The van der Waals surface area contributed by atoms with Crippen LogP contribution in [0.4, 0.5) is 4.39 Å². The molecule has 1 N–H and O–H groups in total. The summed E-state index contributed by atoms with van der Waals surface area (Å²) in [6, 6.07) is 15.1. The molecule has 0 bridgehead atoms. The van der Waals surface area contributed by atoms with Crippen LogP contribution in [0, 0.1) is 12.7 Å². The summed E-state index contributed by atoms with van der Waals surface area (Å²) in [5.74, 6) is -0.183. The first-order chi connectivity index (χ1) is 8.24. The molecule has 17 heavy (non-hydrogen) atoms. The van der Waals surface area contributed by atoms with E-state index in [1.54, 1.807) is 6.07 Å². The predicted octanol–water partition coefficient (Wildman–Crippen LogP) is 4.28. The Hall–Kier alpha value is -2.09. The van der Waals surface area contributed by atoms with Crippen LogP contribution in [0.15, 0.2) is 48.5 Å². The van der Waals surface area contributed by atoms with Gasteiger partial charge >= 0.3 is 0 Å².